The van der Waals surface area contributed by atoms with Gasteiger partial charge in [0, 0.05) is 30.8 Å². The van der Waals surface area contributed by atoms with Crippen molar-refractivity contribution in [3.63, 3.8) is 0 Å². The van der Waals surface area contributed by atoms with E-state index in [1.807, 2.05) is 23.0 Å². The van der Waals surface area contributed by atoms with Crippen LogP contribution in [0.2, 0.25) is 0 Å². The van der Waals surface area contributed by atoms with Crippen LogP contribution in [0.1, 0.15) is 38.2 Å². The third-order valence-electron chi connectivity index (χ3n) is 5.24. The Morgan fingerprint density at radius 1 is 1.11 bits per heavy atom. The molecule has 1 aliphatic heterocycles. The highest BCUT2D eigenvalue weighted by Gasteiger charge is 2.21. The molecule has 1 aromatic carbocycles. The predicted octanol–water partition coefficient (Wildman–Crippen LogP) is 3.22. The van der Waals surface area contributed by atoms with E-state index in [1.165, 1.54) is 31.5 Å². The maximum Gasteiger partial charge on any atom is 0.207 e. The van der Waals surface area contributed by atoms with Crippen LogP contribution in [0.4, 0.5) is 0 Å². The fraction of sp³-hybridized carbons (Fsp3) is 0.381. The molecule has 140 valence electrons. The van der Waals surface area contributed by atoms with Crippen molar-refractivity contribution < 1.29 is 4.90 Å². The van der Waals surface area contributed by atoms with Gasteiger partial charge in [-0.25, -0.2) is 0 Å². The summed E-state index contributed by atoms with van der Waals surface area (Å²) < 4.78 is 4.87. The van der Waals surface area contributed by atoms with Crippen molar-refractivity contribution in [1.82, 2.24) is 19.3 Å². The Morgan fingerprint density at radius 2 is 1.89 bits per heavy atom. The van der Waals surface area contributed by atoms with Gasteiger partial charge in [-0.2, -0.15) is 4.68 Å². The van der Waals surface area contributed by atoms with Gasteiger partial charge in [0.25, 0.3) is 0 Å². The lowest BCUT2D eigenvalue weighted by molar-refractivity contribution is -0.911. The molecule has 4 rings (SSSR count). The highest BCUT2D eigenvalue weighted by atomic mass is 32.1. The van der Waals surface area contributed by atoms with Gasteiger partial charge in [-0.15, -0.1) is 5.10 Å². The fourth-order valence-electron chi connectivity index (χ4n) is 3.83. The largest absolute Gasteiger partial charge is 0.316 e. The molecule has 2 aromatic heterocycles. The number of pyridine rings is 1. The molecule has 27 heavy (non-hydrogen) atoms. The van der Waals surface area contributed by atoms with E-state index >= 15 is 0 Å². The summed E-state index contributed by atoms with van der Waals surface area (Å²) in [6.45, 7) is 7.64. The first-order chi connectivity index (χ1) is 13.1. The van der Waals surface area contributed by atoms with E-state index in [2.05, 4.69) is 47.7 Å². The van der Waals surface area contributed by atoms with Gasteiger partial charge >= 0.3 is 0 Å². The van der Waals surface area contributed by atoms with Crippen molar-refractivity contribution in [3.8, 4) is 17.1 Å². The predicted molar refractivity (Wildman–Crippen MR) is 110 cm³/mol. The molecule has 1 N–H and O–H groups in total. The van der Waals surface area contributed by atoms with E-state index in [0.29, 0.717) is 5.92 Å². The lowest BCUT2D eigenvalue weighted by Crippen LogP contribution is -3.09. The number of benzene rings is 1. The Bertz CT molecular complexity index is 968. The molecule has 1 aliphatic rings. The quantitative estimate of drug-likeness (QED) is 0.691. The maximum atomic E-state index is 5.91. The number of likely N-dealkylation sites (tertiary alicyclic amines) is 1. The third kappa shape index (κ3) is 3.59. The minimum Gasteiger partial charge on any atom is -0.316 e. The van der Waals surface area contributed by atoms with E-state index in [9.17, 15) is 0 Å². The molecular formula is C21H26N5S+. The minimum atomic E-state index is 0.400. The van der Waals surface area contributed by atoms with Crippen molar-refractivity contribution in [3.05, 3.63) is 59.1 Å². The van der Waals surface area contributed by atoms with Crippen molar-refractivity contribution >= 4 is 12.2 Å². The van der Waals surface area contributed by atoms with Gasteiger partial charge in [-0.1, -0.05) is 32.0 Å². The summed E-state index contributed by atoms with van der Waals surface area (Å²) in [4.78, 5) is 5.84. The Balaban J connectivity index is 1.89. The van der Waals surface area contributed by atoms with Crippen LogP contribution < -0.4 is 4.90 Å². The summed E-state index contributed by atoms with van der Waals surface area (Å²) in [5.41, 5.74) is 3.36. The van der Waals surface area contributed by atoms with Crippen molar-refractivity contribution in [1.29, 1.82) is 0 Å². The minimum absolute atomic E-state index is 0.400. The van der Waals surface area contributed by atoms with Gasteiger partial charge in [-0.05, 0) is 41.9 Å². The third-order valence-corrected chi connectivity index (χ3v) is 5.64. The summed E-state index contributed by atoms with van der Waals surface area (Å²) in [6.07, 6.45) is 6.22. The van der Waals surface area contributed by atoms with Crippen LogP contribution in [-0.4, -0.2) is 32.4 Å². The van der Waals surface area contributed by atoms with Gasteiger partial charge in [0.15, 0.2) is 12.5 Å². The number of rotatable bonds is 5. The SMILES string of the molecule is CC(C)c1ccccc1-n1c(-c2cccnc2)nn(C[NH+]2CCCC2)c1=S. The molecular weight excluding hydrogens is 354 g/mol. The second kappa shape index (κ2) is 7.74. The Hall–Kier alpha value is -2.31. The Labute approximate surface area is 165 Å². The highest BCUT2D eigenvalue weighted by Crippen LogP contribution is 2.28. The first kappa shape index (κ1) is 18.1. The summed E-state index contributed by atoms with van der Waals surface area (Å²) >= 11 is 5.91. The van der Waals surface area contributed by atoms with Crippen molar-refractivity contribution in [2.24, 2.45) is 0 Å². The van der Waals surface area contributed by atoms with Crippen molar-refractivity contribution in [2.75, 3.05) is 13.1 Å². The average molecular weight is 381 g/mol. The first-order valence-corrected chi connectivity index (χ1v) is 10.1. The van der Waals surface area contributed by atoms with Crippen LogP contribution in [-0.2, 0) is 6.67 Å². The number of para-hydroxylation sites is 1. The van der Waals surface area contributed by atoms with E-state index in [-0.39, 0.29) is 0 Å². The summed E-state index contributed by atoms with van der Waals surface area (Å²) in [7, 11) is 0. The average Bonchev–Trinajstić information content (AvgIpc) is 3.31. The van der Waals surface area contributed by atoms with Crippen LogP contribution in [0.5, 0.6) is 0 Å². The molecule has 5 nitrogen and oxygen atoms in total. The fourth-order valence-corrected chi connectivity index (χ4v) is 4.12. The molecule has 0 amide bonds. The van der Waals surface area contributed by atoms with Gasteiger partial charge in [0.1, 0.15) is 0 Å². The maximum absolute atomic E-state index is 5.91. The molecule has 0 unspecified atom stereocenters. The zero-order chi connectivity index (χ0) is 18.8. The van der Waals surface area contributed by atoms with E-state index in [0.717, 1.165) is 28.5 Å². The smallest absolute Gasteiger partial charge is 0.207 e. The van der Waals surface area contributed by atoms with Crippen LogP contribution >= 0.6 is 12.2 Å². The monoisotopic (exact) mass is 380 g/mol. The van der Waals surface area contributed by atoms with E-state index in [1.54, 1.807) is 11.1 Å². The summed E-state index contributed by atoms with van der Waals surface area (Å²) in [5, 5.41) is 4.93. The van der Waals surface area contributed by atoms with Gasteiger partial charge < -0.3 is 4.90 Å². The summed E-state index contributed by atoms with van der Waals surface area (Å²) in [5.74, 6) is 1.26. The molecule has 0 atom stereocenters. The molecule has 0 saturated carbocycles. The molecule has 0 radical (unpaired) electrons. The molecule has 3 heterocycles. The molecule has 0 spiro atoms. The molecule has 0 bridgehead atoms. The lowest BCUT2D eigenvalue weighted by Gasteiger charge is -2.15. The highest BCUT2D eigenvalue weighted by molar-refractivity contribution is 7.71. The topological polar surface area (TPSA) is 40.1 Å². The number of hydrogen-bond donors (Lipinski definition) is 1. The van der Waals surface area contributed by atoms with Crippen LogP contribution in [0.15, 0.2) is 48.8 Å². The van der Waals surface area contributed by atoms with Gasteiger partial charge in [-0.3, -0.25) is 9.55 Å². The zero-order valence-electron chi connectivity index (χ0n) is 15.9. The molecule has 3 aromatic rings. The number of aromatic nitrogens is 4. The second-order valence-corrected chi connectivity index (χ2v) is 7.88. The normalized spacial score (nSPS) is 14.9. The standard InChI is InChI=1S/C21H25N5S/c1-16(2)18-9-3-4-10-19(18)26-20(17-8-7-11-22-14-17)23-25(21(26)27)15-24-12-5-6-13-24/h3-4,7-11,14,16H,5-6,12-13,15H2,1-2H3/p+1. The van der Waals surface area contributed by atoms with Gasteiger partial charge in [0.05, 0.1) is 18.8 Å². The first-order valence-electron chi connectivity index (χ1n) is 9.68. The van der Waals surface area contributed by atoms with E-state index < -0.39 is 0 Å². The van der Waals surface area contributed by atoms with Crippen LogP contribution in [0.25, 0.3) is 17.1 Å². The number of hydrogen-bond acceptors (Lipinski definition) is 3. The number of quaternary nitrogens is 1. The number of nitrogens with one attached hydrogen (secondary N) is 1. The molecule has 1 fully saturated rings. The van der Waals surface area contributed by atoms with Crippen LogP contribution in [0, 0.1) is 4.77 Å². The molecule has 1 saturated heterocycles. The Kier molecular flexibility index (Phi) is 5.18. The molecule has 6 heteroatoms. The van der Waals surface area contributed by atoms with Gasteiger partial charge in [0.2, 0.25) is 4.77 Å². The zero-order valence-corrected chi connectivity index (χ0v) is 16.7. The number of nitrogens with zero attached hydrogens (tertiary/aromatic N) is 4. The lowest BCUT2D eigenvalue weighted by atomic mass is 10.0. The van der Waals surface area contributed by atoms with Crippen LogP contribution in [0.3, 0.4) is 0 Å². The summed E-state index contributed by atoms with van der Waals surface area (Å²) in [6, 6.07) is 12.5. The van der Waals surface area contributed by atoms with E-state index in [4.69, 9.17) is 17.3 Å². The Morgan fingerprint density at radius 3 is 2.59 bits per heavy atom. The van der Waals surface area contributed by atoms with Crippen molar-refractivity contribution in [2.45, 2.75) is 39.3 Å². The second-order valence-electron chi connectivity index (χ2n) is 7.51. The molecule has 0 aliphatic carbocycles.